The molecule has 0 radical (unpaired) electrons. The molecule has 7 fully saturated rings. The third-order valence-corrected chi connectivity index (χ3v) is 14.9. The number of urea groups is 1. The van der Waals surface area contributed by atoms with Gasteiger partial charge in [-0.05, 0) is 117 Å². The Labute approximate surface area is 259 Å². The maximum atomic E-state index is 13.2. The molecule has 43 heavy (non-hydrogen) atoms. The smallest absolute Gasteiger partial charge is 0.331 e. The van der Waals surface area contributed by atoms with Gasteiger partial charge in [-0.15, -0.1) is 0 Å². The minimum atomic E-state index is -0.866. The summed E-state index contributed by atoms with van der Waals surface area (Å²) in [4.78, 5) is 25.9. The van der Waals surface area contributed by atoms with Crippen LogP contribution in [0.1, 0.15) is 124 Å². The van der Waals surface area contributed by atoms with E-state index in [2.05, 4.69) is 38.3 Å². The van der Waals surface area contributed by atoms with Crippen molar-refractivity contribution in [1.29, 1.82) is 0 Å². The van der Waals surface area contributed by atoms with Gasteiger partial charge in [0, 0.05) is 18.4 Å². The van der Waals surface area contributed by atoms with Gasteiger partial charge in [-0.1, -0.05) is 47.0 Å². The van der Waals surface area contributed by atoms with Crippen molar-refractivity contribution < 1.29 is 23.8 Å². The molecule has 7 heteroatoms. The van der Waals surface area contributed by atoms with Gasteiger partial charge in [0.05, 0.1) is 19.8 Å². The molecular weight excluding hydrogens is 540 g/mol. The van der Waals surface area contributed by atoms with E-state index in [-0.39, 0.29) is 23.8 Å². The SMILES string of the molecule is COC(=O)C1(NC(=O)N[C@@H]2CC[C@@]3(C)[C@H](CC[C@@H]4[C@@H]3CC[C@]3(C)[C@@H]5[C@H](C[C@@H]43)O[C@]3(CC[C@H](C)CO3)[C@H]5C)C2)CCCCC1. The summed E-state index contributed by atoms with van der Waals surface area (Å²) < 4.78 is 18.6. The number of methoxy groups -OCH3 is 1. The number of amides is 2. The Morgan fingerprint density at radius 3 is 2.33 bits per heavy atom. The molecule has 0 aromatic rings. The standard InChI is InChI=1S/C36H58N2O5/c1-22-11-18-36(42-21-22)23(2)30-29(43-36)20-28-26-10-9-24-19-25(12-16-33(24,3)27(26)13-17-34(28,30)4)37-32(40)38-35(31(39)41-5)14-7-6-8-15-35/h22-30H,6-21H2,1-5H3,(H2,37,38,40)/t22-,23-,24+,25+,26+,27-,28-,29-,30-,33-,34-,36+/m0/s1. The molecule has 12 atom stereocenters. The van der Waals surface area contributed by atoms with Crippen molar-refractivity contribution in [3.05, 3.63) is 0 Å². The molecule has 2 amide bonds. The highest BCUT2D eigenvalue weighted by molar-refractivity contribution is 5.87. The van der Waals surface area contributed by atoms with Gasteiger partial charge in [-0.3, -0.25) is 0 Å². The van der Waals surface area contributed by atoms with Gasteiger partial charge in [0.25, 0.3) is 0 Å². The molecule has 2 N–H and O–H groups in total. The summed E-state index contributed by atoms with van der Waals surface area (Å²) in [6, 6.07) is -0.0138. The van der Waals surface area contributed by atoms with Crippen LogP contribution in [0, 0.1) is 52.3 Å². The fourth-order valence-electron chi connectivity index (χ4n) is 12.6. The quantitative estimate of drug-likeness (QED) is 0.343. The number of hydrogen-bond donors (Lipinski definition) is 2. The lowest BCUT2D eigenvalue weighted by Crippen LogP contribution is -2.61. The predicted octanol–water partition coefficient (Wildman–Crippen LogP) is 6.98. The normalized spacial score (nSPS) is 50.1. The molecule has 0 aromatic carbocycles. The maximum Gasteiger partial charge on any atom is 0.331 e. The average Bonchev–Trinajstić information content (AvgIpc) is 3.44. The van der Waals surface area contributed by atoms with Crippen molar-refractivity contribution in [2.75, 3.05) is 13.7 Å². The Bertz CT molecular complexity index is 1080. The van der Waals surface area contributed by atoms with E-state index in [9.17, 15) is 9.59 Å². The second kappa shape index (κ2) is 10.9. The summed E-state index contributed by atoms with van der Waals surface area (Å²) in [7, 11) is 1.43. The van der Waals surface area contributed by atoms with Crippen molar-refractivity contribution in [2.24, 2.45) is 52.3 Å². The van der Waals surface area contributed by atoms with Crippen molar-refractivity contribution in [2.45, 2.75) is 147 Å². The molecule has 0 aromatic heterocycles. The van der Waals surface area contributed by atoms with E-state index < -0.39 is 5.54 Å². The third-order valence-electron chi connectivity index (χ3n) is 14.9. The number of fused-ring (bicyclic) bond motifs is 7. The van der Waals surface area contributed by atoms with E-state index in [1.165, 1.54) is 52.1 Å². The predicted molar refractivity (Wildman–Crippen MR) is 165 cm³/mol. The Balaban J connectivity index is 0.999. The molecule has 1 spiro atoms. The highest BCUT2D eigenvalue weighted by Gasteiger charge is 2.69. The van der Waals surface area contributed by atoms with Gasteiger partial charge in [-0.2, -0.15) is 0 Å². The molecule has 242 valence electrons. The van der Waals surface area contributed by atoms with Gasteiger partial charge >= 0.3 is 12.0 Å². The molecule has 5 saturated carbocycles. The first-order valence-corrected chi connectivity index (χ1v) is 18.0. The fourth-order valence-corrected chi connectivity index (χ4v) is 12.6. The van der Waals surface area contributed by atoms with Crippen molar-refractivity contribution in [3.63, 3.8) is 0 Å². The van der Waals surface area contributed by atoms with Gasteiger partial charge < -0.3 is 24.8 Å². The number of rotatable bonds is 3. The summed E-state index contributed by atoms with van der Waals surface area (Å²) in [5.74, 6) is 4.09. The van der Waals surface area contributed by atoms with Gasteiger partial charge in [-0.25, -0.2) is 9.59 Å². The molecule has 0 bridgehead atoms. The molecular formula is C36H58N2O5. The second-order valence-corrected chi connectivity index (χ2v) is 16.9. The van der Waals surface area contributed by atoms with Crippen LogP contribution in [0.2, 0.25) is 0 Å². The zero-order chi connectivity index (χ0) is 30.2. The van der Waals surface area contributed by atoms with Crippen molar-refractivity contribution in [1.82, 2.24) is 10.6 Å². The summed E-state index contributed by atoms with van der Waals surface area (Å²) in [5.41, 5.74) is -0.158. The zero-order valence-corrected chi connectivity index (χ0v) is 27.6. The van der Waals surface area contributed by atoms with E-state index in [0.717, 1.165) is 62.9 Å². The number of carbonyl (C=O) groups is 2. The van der Waals surface area contributed by atoms with E-state index in [1.54, 1.807) is 0 Å². The fraction of sp³-hybridized carbons (Fsp3) is 0.944. The topological polar surface area (TPSA) is 85.9 Å². The summed E-state index contributed by atoms with van der Waals surface area (Å²) in [6.07, 6.45) is 16.7. The molecule has 7 nitrogen and oxygen atoms in total. The number of hydrogen-bond acceptors (Lipinski definition) is 5. The van der Waals surface area contributed by atoms with E-state index in [1.807, 2.05) is 0 Å². The van der Waals surface area contributed by atoms with Crippen LogP contribution in [-0.2, 0) is 19.0 Å². The van der Waals surface area contributed by atoms with E-state index in [4.69, 9.17) is 14.2 Å². The van der Waals surface area contributed by atoms with Crippen LogP contribution in [0.15, 0.2) is 0 Å². The summed E-state index contributed by atoms with van der Waals surface area (Å²) in [5, 5.41) is 6.40. The zero-order valence-electron chi connectivity index (χ0n) is 27.6. The van der Waals surface area contributed by atoms with Crippen LogP contribution in [0.3, 0.4) is 0 Å². The van der Waals surface area contributed by atoms with Crippen molar-refractivity contribution in [3.8, 4) is 0 Å². The highest BCUT2D eigenvalue weighted by Crippen LogP contribution is 2.71. The third kappa shape index (κ3) is 4.70. The Hall–Kier alpha value is -1.34. The average molecular weight is 599 g/mol. The lowest BCUT2D eigenvalue weighted by atomic mass is 9.44. The monoisotopic (exact) mass is 598 g/mol. The molecule has 0 unspecified atom stereocenters. The maximum absolute atomic E-state index is 13.2. The second-order valence-electron chi connectivity index (χ2n) is 16.9. The van der Waals surface area contributed by atoms with Crippen LogP contribution < -0.4 is 10.6 Å². The van der Waals surface area contributed by atoms with Crippen LogP contribution in [0.5, 0.6) is 0 Å². The number of nitrogens with one attached hydrogen (secondary N) is 2. The largest absolute Gasteiger partial charge is 0.467 e. The summed E-state index contributed by atoms with van der Waals surface area (Å²) in [6.45, 7) is 10.8. The van der Waals surface area contributed by atoms with Crippen molar-refractivity contribution >= 4 is 12.0 Å². The molecule has 7 aliphatic rings. The molecule has 7 rings (SSSR count). The number of carbonyl (C=O) groups excluding carboxylic acids is 2. The first-order valence-electron chi connectivity index (χ1n) is 18.0. The van der Waals surface area contributed by atoms with E-state index in [0.29, 0.717) is 53.4 Å². The van der Waals surface area contributed by atoms with Gasteiger partial charge in [0.15, 0.2) is 5.79 Å². The number of ether oxygens (including phenoxy) is 3. The minimum Gasteiger partial charge on any atom is -0.467 e. The minimum absolute atomic E-state index is 0.177. The van der Waals surface area contributed by atoms with E-state index >= 15 is 0 Å². The number of esters is 1. The van der Waals surface area contributed by atoms with Crippen LogP contribution >= 0.6 is 0 Å². The van der Waals surface area contributed by atoms with Gasteiger partial charge in [0.1, 0.15) is 5.54 Å². The lowest BCUT2D eigenvalue weighted by Gasteiger charge is -2.61. The van der Waals surface area contributed by atoms with Crippen LogP contribution in [0.4, 0.5) is 4.79 Å². The molecule has 5 aliphatic carbocycles. The Kier molecular flexibility index (Phi) is 7.67. The Morgan fingerprint density at radius 2 is 1.60 bits per heavy atom. The molecule has 2 heterocycles. The molecule has 2 saturated heterocycles. The molecule has 2 aliphatic heterocycles. The lowest BCUT2D eigenvalue weighted by molar-refractivity contribution is -0.273. The van der Waals surface area contributed by atoms with Crippen LogP contribution in [0.25, 0.3) is 0 Å². The van der Waals surface area contributed by atoms with Crippen LogP contribution in [-0.4, -0.2) is 49.2 Å². The van der Waals surface area contributed by atoms with Gasteiger partial charge in [0.2, 0.25) is 0 Å². The highest BCUT2D eigenvalue weighted by atomic mass is 16.7. The summed E-state index contributed by atoms with van der Waals surface area (Å²) >= 11 is 0. The Morgan fingerprint density at radius 1 is 0.837 bits per heavy atom. The first-order chi connectivity index (χ1) is 20.5. The first kappa shape index (κ1) is 30.3.